The first-order chi connectivity index (χ1) is 11.9. The van der Waals surface area contributed by atoms with Crippen molar-refractivity contribution in [2.24, 2.45) is 0 Å². The molecule has 0 saturated heterocycles. The Labute approximate surface area is 144 Å². The number of nitro groups is 1. The molecule has 0 aliphatic carbocycles. The number of hydrogen-bond acceptors (Lipinski definition) is 5. The molecule has 0 bridgehead atoms. The van der Waals surface area contributed by atoms with Gasteiger partial charge in [0.05, 0.1) is 12.0 Å². The fourth-order valence-corrected chi connectivity index (χ4v) is 2.27. The van der Waals surface area contributed by atoms with E-state index in [0.717, 1.165) is 5.56 Å². The summed E-state index contributed by atoms with van der Waals surface area (Å²) in [6, 6.07) is 11.9. The van der Waals surface area contributed by atoms with E-state index in [1.807, 2.05) is 6.92 Å². The second-order valence-electron chi connectivity index (χ2n) is 5.54. The number of esters is 1. The number of rotatable bonds is 6. The van der Waals surface area contributed by atoms with Gasteiger partial charge >= 0.3 is 5.97 Å². The third-order valence-corrected chi connectivity index (χ3v) is 3.69. The monoisotopic (exact) mass is 342 g/mol. The molecule has 1 N–H and O–H groups in total. The second kappa shape index (κ2) is 8.05. The highest BCUT2D eigenvalue weighted by atomic mass is 16.6. The van der Waals surface area contributed by atoms with Gasteiger partial charge in [-0.3, -0.25) is 14.9 Å². The smallest absolute Gasteiger partial charge is 0.328 e. The lowest BCUT2D eigenvalue weighted by Gasteiger charge is -2.16. The van der Waals surface area contributed by atoms with Crippen LogP contribution in [-0.4, -0.2) is 30.0 Å². The predicted molar refractivity (Wildman–Crippen MR) is 91.2 cm³/mol. The number of methoxy groups -OCH3 is 1. The number of nitrogens with zero attached hydrogens (tertiary/aromatic N) is 1. The summed E-state index contributed by atoms with van der Waals surface area (Å²) in [6.45, 7) is 1.91. The lowest BCUT2D eigenvalue weighted by molar-refractivity contribution is -0.384. The fraction of sp³-hybridized carbons (Fsp3) is 0.222. The zero-order chi connectivity index (χ0) is 18.4. The summed E-state index contributed by atoms with van der Waals surface area (Å²) in [4.78, 5) is 34.5. The second-order valence-corrected chi connectivity index (χ2v) is 5.54. The molecule has 1 atom stereocenters. The van der Waals surface area contributed by atoms with Gasteiger partial charge < -0.3 is 10.1 Å². The number of nitro benzene ring substituents is 1. The van der Waals surface area contributed by atoms with Crippen LogP contribution in [0.25, 0.3) is 0 Å². The molecule has 1 amide bonds. The Hall–Kier alpha value is -3.22. The fourth-order valence-electron chi connectivity index (χ4n) is 2.27. The quantitative estimate of drug-likeness (QED) is 0.494. The van der Waals surface area contributed by atoms with Gasteiger partial charge in [-0.1, -0.05) is 29.8 Å². The van der Waals surface area contributed by atoms with Crippen molar-refractivity contribution in [2.75, 3.05) is 7.11 Å². The summed E-state index contributed by atoms with van der Waals surface area (Å²) < 4.78 is 4.74. The summed E-state index contributed by atoms with van der Waals surface area (Å²) in [5, 5.41) is 13.3. The van der Waals surface area contributed by atoms with Crippen molar-refractivity contribution in [3.63, 3.8) is 0 Å². The molecule has 0 radical (unpaired) electrons. The summed E-state index contributed by atoms with van der Waals surface area (Å²) in [5.74, 6) is -0.976. The maximum Gasteiger partial charge on any atom is 0.328 e. The Bertz CT molecular complexity index is 769. The minimum absolute atomic E-state index is 0.0398. The van der Waals surface area contributed by atoms with E-state index in [4.69, 9.17) is 4.74 Å². The van der Waals surface area contributed by atoms with Gasteiger partial charge in [-0.15, -0.1) is 0 Å². The number of non-ortho nitro benzene ring substituents is 1. The Kier molecular flexibility index (Phi) is 5.84. The molecule has 1 unspecified atom stereocenters. The van der Waals surface area contributed by atoms with E-state index in [1.165, 1.54) is 19.2 Å². The number of aryl methyl sites for hydroxylation is 1. The van der Waals surface area contributed by atoms with Crippen LogP contribution in [0.15, 0.2) is 48.5 Å². The maximum absolute atomic E-state index is 12.3. The number of carbonyl (C=O) groups is 2. The first kappa shape index (κ1) is 18.1. The average molecular weight is 342 g/mol. The van der Waals surface area contributed by atoms with Crippen LogP contribution >= 0.6 is 0 Å². The van der Waals surface area contributed by atoms with E-state index in [-0.39, 0.29) is 12.1 Å². The number of ether oxygens (including phenoxy) is 1. The van der Waals surface area contributed by atoms with Crippen molar-refractivity contribution in [1.29, 1.82) is 0 Å². The highest BCUT2D eigenvalue weighted by Crippen LogP contribution is 2.14. The van der Waals surface area contributed by atoms with E-state index >= 15 is 0 Å². The minimum atomic E-state index is -0.889. The van der Waals surface area contributed by atoms with Crippen molar-refractivity contribution >= 4 is 17.6 Å². The molecule has 0 saturated carbocycles. The van der Waals surface area contributed by atoms with Gasteiger partial charge in [0.1, 0.15) is 6.04 Å². The molecule has 2 rings (SSSR count). The largest absolute Gasteiger partial charge is 0.467 e. The van der Waals surface area contributed by atoms with Crippen LogP contribution < -0.4 is 5.32 Å². The van der Waals surface area contributed by atoms with Crippen molar-refractivity contribution in [3.8, 4) is 0 Å². The Morgan fingerprint density at radius 2 is 1.72 bits per heavy atom. The van der Waals surface area contributed by atoms with Crippen molar-refractivity contribution in [3.05, 3.63) is 75.3 Å². The summed E-state index contributed by atoms with van der Waals surface area (Å²) in [6.07, 6.45) is 0.169. The van der Waals surface area contributed by atoms with Gasteiger partial charge in [0.15, 0.2) is 0 Å². The Morgan fingerprint density at radius 3 is 2.24 bits per heavy atom. The van der Waals surface area contributed by atoms with Gasteiger partial charge in [0, 0.05) is 24.1 Å². The molecule has 7 heteroatoms. The third-order valence-electron chi connectivity index (χ3n) is 3.69. The summed E-state index contributed by atoms with van der Waals surface area (Å²) >= 11 is 0. The average Bonchev–Trinajstić information content (AvgIpc) is 2.61. The first-order valence-corrected chi connectivity index (χ1v) is 7.59. The minimum Gasteiger partial charge on any atom is -0.467 e. The molecule has 0 heterocycles. The van der Waals surface area contributed by atoms with E-state index in [9.17, 15) is 19.7 Å². The van der Waals surface area contributed by atoms with Crippen LogP contribution in [0, 0.1) is 17.0 Å². The number of hydrogen-bond donors (Lipinski definition) is 1. The number of amides is 1. The molecule has 2 aromatic rings. The van der Waals surface area contributed by atoms with Crippen LogP contribution in [0.5, 0.6) is 0 Å². The van der Waals surface area contributed by atoms with Gasteiger partial charge in [0.25, 0.3) is 11.6 Å². The van der Waals surface area contributed by atoms with E-state index < -0.39 is 22.8 Å². The summed E-state index contributed by atoms with van der Waals surface area (Å²) in [5.41, 5.74) is 2.09. The predicted octanol–water partition coefficient (Wildman–Crippen LogP) is 2.42. The van der Waals surface area contributed by atoms with E-state index in [2.05, 4.69) is 5.32 Å². The van der Waals surface area contributed by atoms with E-state index in [0.29, 0.717) is 11.1 Å². The molecule has 0 aliphatic heterocycles. The lowest BCUT2D eigenvalue weighted by atomic mass is 10.0. The maximum atomic E-state index is 12.3. The molecule has 2 aromatic carbocycles. The highest BCUT2D eigenvalue weighted by molar-refractivity contribution is 5.96. The summed E-state index contributed by atoms with van der Waals surface area (Å²) in [7, 11) is 1.24. The van der Waals surface area contributed by atoms with Crippen LogP contribution in [0.1, 0.15) is 21.5 Å². The van der Waals surface area contributed by atoms with E-state index in [1.54, 1.807) is 36.4 Å². The number of carbonyl (C=O) groups excluding carboxylic acids is 2. The Balaban J connectivity index is 2.13. The zero-order valence-corrected chi connectivity index (χ0v) is 13.9. The van der Waals surface area contributed by atoms with Crippen LogP contribution in [-0.2, 0) is 16.0 Å². The highest BCUT2D eigenvalue weighted by Gasteiger charge is 2.23. The first-order valence-electron chi connectivity index (χ1n) is 7.59. The molecular formula is C18H18N2O5. The van der Waals surface area contributed by atoms with Crippen molar-refractivity contribution < 1.29 is 19.2 Å². The van der Waals surface area contributed by atoms with Crippen molar-refractivity contribution in [2.45, 2.75) is 19.4 Å². The Morgan fingerprint density at radius 1 is 1.12 bits per heavy atom. The molecule has 0 aromatic heterocycles. The number of nitrogens with one attached hydrogen (secondary N) is 1. The van der Waals surface area contributed by atoms with Gasteiger partial charge in [-0.05, 0) is 24.6 Å². The molecule has 130 valence electrons. The standard InChI is InChI=1S/C18H18N2O5/c1-12-3-7-14(8-4-12)17(21)19-16(18(22)25-2)11-13-5-9-15(10-6-13)20(23)24/h3-10,16H,11H2,1-2H3,(H,19,21). The van der Waals surface area contributed by atoms with Gasteiger partial charge in [0.2, 0.25) is 0 Å². The lowest BCUT2D eigenvalue weighted by Crippen LogP contribution is -2.43. The molecule has 0 aliphatic rings. The normalized spacial score (nSPS) is 11.4. The van der Waals surface area contributed by atoms with Gasteiger partial charge in [-0.25, -0.2) is 4.79 Å². The molecule has 25 heavy (non-hydrogen) atoms. The molecule has 7 nitrogen and oxygen atoms in total. The molecular weight excluding hydrogens is 324 g/mol. The van der Waals surface area contributed by atoms with Crippen LogP contribution in [0.4, 0.5) is 5.69 Å². The van der Waals surface area contributed by atoms with Gasteiger partial charge in [-0.2, -0.15) is 0 Å². The van der Waals surface area contributed by atoms with Crippen LogP contribution in [0.2, 0.25) is 0 Å². The zero-order valence-electron chi connectivity index (χ0n) is 13.9. The third kappa shape index (κ3) is 4.87. The SMILES string of the molecule is COC(=O)C(Cc1ccc([N+](=O)[O-])cc1)NC(=O)c1ccc(C)cc1. The van der Waals surface area contributed by atoms with Crippen LogP contribution in [0.3, 0.4) is 0 Å². The number of benzene rings is 2. The topological polar surface area (TPSA) is 98.5 Å². The van der Waals surface area contributed by atoms with Crippen molar-refractivity contribution in [1.82, 2.24) is 5.32 Å². The molecule has 0 fully saturated rings. The molecule has 0 spiro atoms.